The van der Waals surface area contributed by atoms with Crippen molar-refractivity contribution in [1.29, 1.82) is 0 Å². The van der Waals surface area contributed by atoms with Crippen molar-refractivity contribution in [2.45, 2.75) is 12.2 Å². The molecule has 118 valence electrons. The number of amides is 1. The van der Waals surface area contributed by atoms with Gasteiger partial charge < -0.3 is 10.4 Å². The van der Waals surface area contributed by atoms with Gasteiger partial charge in [-0.2, -0.15) is 21.6 Å². The number of carbonyl (C=O) groups excluding carboxylic acids is 1. The van der Waals surface area contributed by atoms with Gasteiger partial charge in [-0.3, -0.25) is 9.35 Å². The summed E-state index contributed by atoms with van der Waals surface area (Å²) in [4.78, 5) is 11.6. The van der Waals surface area contributed by atoms with Crippen molar-refractivity contribution in [2.24, 2.45) is 0 Å². The quantitative estimate of drug-likeness (QED) is 0.488. The van der Waals surface area contributed by atoms with E-state index in [-0.39, 0.29) is 11.3 Å². The number of hydrogen-bond donors (Lipinski definition) is 3. The Kier molecular flexibility index (Phi) is 5.44. The van der Waals surface area contributed by atoms with E-state index in [0.29, 0.717) is 3.57 Å². The number of halogens is 4. The molecule has 11 heteroatoms. The molecule has 0 saturated carbocycles. The van der Waals surface area contributed by atoms with Crippen molar-refractivity contribution < 1.29 is 36.0 Å². The topological polar surface area (TPSA) is 104 Å². The molecule has 0 spiro atoms. The monoisotopic (exact) mass is 439 g/mol. The third-order valence-electron chi connectivity index (χ3n) is 2.29. The lowest BCUT2D eigenvalue weighted by atomic mass is 10.2. The van der Waals surface area contributed by atoms with E-state index >= 15 is 0 Å². The second-order valence-corrected chi connectivity index (χ2v) is 6.64. The van der Waals surface area contributed by atoms with Crippen LogP contribution in [0, 0.1) is 3.57 Å². The molecule has 0 aromatic heterocycles. The number of hydrogen-bond acceptors (Lipinski definition) is 4. The molecule has 0 radical (unpaired) electrons. The van der Waals surface area contributed by atoms with Crippen molar-refractivity contribution in [3.8, 4) is 5.75 Å². The summed E-state index contributed by atoms with van der Waals surface area (Å²) in [5.74, 6) is -3.23. The molecule has 21 heavy (non-hydrogen) atoms. The fourth-order valence-corrected chi connectivity index (χ4v) is 2.35. The fraction of sp³-hybridized carbons (Fsp3) is 0.300. The molecule has 0 aliphatic carbocycles. The van der Waals surface area contributed by atoms with Crippen molar-refractivity contribution in [2.75, 3.05) is 5.75 Å². The van der Waals surface area contributed by atoms with E-state index in [1.165, 1.54) is 11.4 Å². The first-order valence-corrected chi connectivity index (χ1v) is 7.90. The van der Waals surface area contributed by atoms with E-state index in [1.807, 2.05) is 0 Å². The smallest absolute Gasteiger partial charge is 0.409 e. The molecule has 1 aromatic carbocycles. The van der Waals surface area contributed by atoms with Gasteiger partial charge in [0.15, 0.2) is 0 Å². The Morgan fingerprint density at radius 3 is 2.38 bits per heavy atom. The maximum Gasteiger partial charge on any atom is 0.409 e. The number of rotatable bonds is 4. The summed E-state index contributed by atoms with van der Waals surface area (Å²) in [7, 11) is -4.93. The predicted molar refractivity (Wildman–Crippen MR) is 74.5 cm³/mol. The highest BCUT2D eigenvalue weighted by Gasteiger charge is 2.43. The van der Waals surface area contributed by atoms with Crippen LogP contribution in [0.4, 0.5) is 13.2 Å². The first-order chi connectivity index (χ1) is 9.40. The average Bonchev–Trinajstić information content (AvgIpc) is 2.28. The van der Waals surface area contributed by atoms with Crippen LogP contribution in [0.1, 0.15) is 10.4 Å². The van der Waals surface area contributed by atoms with Crippen LogP contribution in [0.25, 0.3) is 0 Å². The van der Waals surface area contributed by atoms with Crippen molar-refractivity contribution in [3.63, 3.8) is 0 Å². The molecule has 1 unspecified atom stereocenters. The highest BCUT2D eigenvalue weighted by atomic mass is 127. The summed E-state index contributed by atoms with van der Waals surface area (Å²) >= 11 is 1.75. The molecular formula is C10H9F3INO5S. The maximum atomic E-state index is 12.6. The minimum Gasteiger partial charge on any atom is -0.507 e. The van der Waals surface area contributed by atoms with Crippen LogP contribution in [0.5, 0.6) is 5.75 Å². The van der Waals surface area contributed by atoms with E-state index in [4.69, 9.17) is 4.55 Å². The van der Waals surface area contributed by atoms with E-state index in [0.717, 1.165) is 12.1 Å². The van der Waals surface area contributed by atoms with Crippen molar-refractivity contribution in [1.82, 2.24) is 5.32 Å². The molecule has 3 N–H and O–H groups in total. The number of aromatic hydroxyl groups is 1. The van der Waals surface area contributed by atoms with Gasteiger partial charge in [0.1, 0.15) is 17.5 Å². The molecule has 1 aromatic rings. The lowest BCUT2D eigenvalue weighted by Crippen LogP contribution is -2.49. The zero-order valence-electron chi connectivity index (χ0n) is 10.1. The van der Waals surface area contributed by atoms with Gasteiger partial charge in [-0.05, 0) is 40.8 Å². The van der Waals surface area contributed by atoms with E-state index in [9.17, 15) is 31.5 Å². The number of nitrogens with one attached hydrogen (secondary N) is 1. The molecule has 0 heterocycles. The fourth-order valence-electron chi connectivity index (χ4n) is 1.32. The standard InChI is InChI=1S/C10H9F3INO5S/c11-10(12,13)8(4-21(18,19)20)15-9(17)5-1-2-6(14)7(16)3-5/h1-3,8,16H,4H2,(H,15,17)(H,18,19,20). The van der Waals surface area contributed by atoms with Crippen LogP contribution < -0.4 is 5.32 Å². The lowest BCUT2D eigenvalue weighted by Gasteiger charge is -2.20. The Hall–Kier alpha value is -1.08. The van der Waals surface area contributed by atoms with Crippen LogP contribution in [-0.4, -0.2) is 42.0 Å². The minimum atomic E-state index is -5.06. The van der Waals surface area contributed by atoms with Crippen LogP contribution in [0.2, 0.25) is 0 Å². The van der Waals surface area contributed by atoms with Crippen LogP contribution >= 0.6 is 22.6 Å². The summed E-state index contributed by atoms with van der Waals surface area (Å²) in [6, 6.07) is 0.646. The predicted octanol–water partition coefficient (Wildman–Crippen LogP) is 1.55. The second kappa shape index (κ2) is 6.36. The molecule has 0 saturated heterocycles. The third-order valence-corrected chi connectivity index (χ3v) is 3.95. The summed E-state index contributed by atoms with van der Waals surface area (Å²) in [5, 5.41) is 10.8. The lowest BCUT2D eigenvalue weighted by molar-refractivity contribution is -0.148. The molecule has 1 rings (SSSR count). The Morgan fingerprint density at radius 1 is 1.38 bits per heavy atom. The summed E-state index contributed by atoms with van der Waals surface area (Å²) in [5.41, 5.74) is -0.280. The number of phenols is 1. The van der Waals surface area contributed by atoms with Gasteiger partial charge in [0, 0.05) is 5.56 Å². The summed E-state index contributed by atoms with van der Waals surface area (Å²) < 4.78 is 67.9. The third kappa shape index (κ3) is 5.67. The SMILES string of the molecule is O=C(NC(CS(=O)(=O)O)C(F)(F)F)c1ccc(I)c(O)c1. The highest BCUT2D eigenvalue weighted by molar-refractivity contribution is 14.1. The Bertz CT molecular complexity index is 647. The largest absolute Gasteiger partial charge is 0.507 e. The maximum absolute atomic E-state index is 12.6. The number of carbonyl (C=O) groups is 1. The van der Waals surface area contributed by atoms with Gasteiger partial charge in [0.2, 0.25) is 0 Å². The normalized spacial score (nSPS) is 13.8. The Balaban J connectivity index is 2.98. The highest BCUT2D eigenvalue weighted by Crippen LogP contribution is 2.23. The Morgan fingerprint density at radius 2 is 1.95 bits per heavy atom. The number of phenolic OH excluding ortho intramolecular Hbond substituents is 1. The molecular weight excluding hydrogens is 430 g/mol. The molecule has 1 atom stereocenters. The van der Waals surface area contributed by atoms with Gasteiger partial charge in [-0.1, -0.05) is 0 Å². The van der Waals surface area contributed by atoms with Crippen molar-refractivity contribution in [3.05, 3.63) is 27.3 Å². The second-order valence-electron chi connectivity index (χ2n) is 3.98. The molecule has 0 aliphatic rings. The van der Waals surface area contributed by atoms with Crippen LogP contribution in [0.15, 0.2) is 18.2 Å². The molecule has 0 bridgehead atoms. The van der Waals surface area contributed by atoms with Crippen LogP contribution in [-0.2, 0) is 10.1 Å². The van der Waals surface area contributed by atoms with E-state index in [1.54, 1.807) is 22.6 Å². The zero-order chi connectivity index (χ0) is 16.4. The number of benzene rings is 1. The zero-order valence-corrected chi connectivity index (χ0v) is 13.0. The first-order valence-electron chi connectivity index (χ1n) is 5.21. The first kappa shape index (κ1) is 18.0. The molecule has 1 amide bonds. The molecule has 6 nitrogen and oxygen atoms in total. The number of alkyl halides is 3. The van der Waals surface area contributed by atoms with E-state index < -0.39 is 34.0 Å². The molecule has 0 fully saturated rings. The minimum absolute atomic E-state index is 0.280. The van der Waals surface area contributed by atoms with Gasteiger partial charge in [0.25, 0.3) is 16.0 Å². The van der Waals surface area contributed by atoms with Gasteiger partial charge in [-0.25, -0.2) is 0 Å². The van der Waals surface area contributed by atoms with Crippen LogP contribution in [0.3, 0.4) is 0 Å². The van der Waals surface area contributed by atoms with Gasteiger partial charge >= 0.3 is 6.18 Å². The van der Waals surface area contributed by atoms with E-state index in [2.05, 4.69) is 0 Å². The Labute approximate surface area is 131 Å². The summed E-state index contributed by atoms with van der Waals surface area (Å²) in [6.07, 6.45) is -5.06. The summed E-state index contributed by atoms with van der Waals surface area (Å²) in [6.45, 7) is 0. The van der Waals surface area contributed by atoms with Crippen molar-refractivity contribution >= 4 is 38.6 Å². The average molecular weight is 439 g/mol. The molecule has 0 aliphatic heterocycles. The van der Waals surface area contributed by atoms with Gasteiger partial charge in [0.05, 0.1) is 3.57 Å². The van der Waals surface area contributed by atoms with Gasteiger partial charge in [-0.15, -0.1) is 0 Å².